The van der Waals surface area contributed by atoms with E-state index in [-0.39, 0.29) is 6.10 Å². The number of aromatic nitrogens is 3. The molecule has 1 saturated heterocycles. The van der Waals surface area contributed by atoms with Crippen LogP contribution in [0.5, 0.6) is 0 Å². The van der Waals surface area contributed by atoms with Gasteiger partial charge in [-0.15, -0.1) is 5.10 Å². The lowest BCUT2D eigenvalue weighted by Crippen LogP contribution is -2.41. The molecule has 1 fully saturated rings. The van der Waals surface area contributed by atoms with Crippen molar-refractivity contribution in [2.75, 3.05) is 13.1 Å². The maximum atomic E-state index is 6.44. The van der Waals surface area contributed by atoms with Gasteiger partial charge in [0.2, 0.25) is 0 Å². The molecule has 0 saturated carbocycles. The van der Waals surface area contributed by atoms with Crippen LogP contribution < -0.4 is 5.32 Å². The number of nitrogens with one attached hydrogen (secondary N) is 1. The molecule has 1 N–H and O–H groups in total. The highest BCUT2D eigenvalue weighted by molar-refractivity contribution is 5.82. The Bertz CT molecular complexity index is 1120. The maximum absolute atomic E-state index is 6.44. The van der Waals surface area contributed by atoms with Gasteiger partial charge in [0.15, 0.2) is 0 Å². The van der Waals surface area contributed by atoms with E-state index in [9.17, 15) is 0 Å². The fourth-order valence-corrected chi connectivity index (χ4v) is 4.48. The van der Waals surface area contributed by atoms with Gasteiger partial charge in [-0.3, -0.25) is 0 Å². The molecule has 5 rings (SSSR count). The average Bonchev–Trinajstić information content (AvgIpc) is 3.30. The molecule has 0 aliphatic carbocycles. The average molecular weight is 413 g/mol. The van der Waals surface area contributed by atoms with Crippen LogP contribution in [0.1, 0.15) is 29.2 Å². The van der Waals surface area contributed by atoms with E-state index < -0.39 is 0 Å². The summed E-state index contributed by atoms with van der Waals surface area (Å²) in [5.74, 6) is 0.299. The summed E-state index contributed by atoms with van der Waals surface area (Å²) in [5, 5.41) is 14.6. The molecular weight excluding hydrogens is 384 g/mol. The van der Waals surface area contributed by atoms with E-state index in [2.05, 4.69) is 93.1 Å². The molecule has 0 radical (unpaired) electrons. The zero-order chi connectivity index (χ0) is 20.9. The summed E-state index contributed by atoms with van der Waals surface area (Å²) in [6.07, 6.45) is 4.01. The van der Waals surface area contributed by atoms with Crippen molar-refractivity contribution >= 4 is 10.8 Å². The Morgan fingerprint density at radius 1 is 0.935 bits per heavy atom. The first-order valence-electron chi connectivity index (χ1n) is 11.1. The minimum Gasteiger partial charge on any atom is -0.372 e. The molecule has 1 aliphatic rings. The van der Waals surface area contributed by atoms with Crippen molar-refractivity contribution in [3.05, 3.63) is 95.8 Å². The van der Waals surface area contributed by atoms with Crippen LogP contribution in [0, 0.1) is 0 Å². The predicted molar refractivity (Wildman–Crippen MR) is 123 cm³/mol. The van der Waals surface area contributed by atoms with Crippen LogP contribution in [0.2, 0.25) is 0 Å². The third kappa shape index (κ3) is 4.68. The van der Waals surface area contributed by atoms with E-state index in [4.69, 9.17) is 4.74 Å². The number of piperidine rings is 1. The smallest absolute Gasteiger partial charge is 0.0788 e. The van der Waals surface area contributed by atoms with Gasteiger partial charge >= 0.3 is 0 Å². The minimum atomic E-state index is 0.106. The Morgan fingerprint density at radius 3 is 2.68 bits per heavy atom. The van der Waals surface area contributed by atoms with E-state index in [1.807, 2.05) is 6.20 Å². The van der Waals surface area contributed by atoms with Crippen LogP contribution >= 0.6 is 0 Å². The van der Waals surface area contributed by atoms with Crippen LogP contribution in [-0.4, -0.2) is 34.2 Å². The summed E-state index contributed by atoms with van der Waals surface area (Å²) in [6, 6.07) is 25.6. The van der Waals surface area contributed by atoms with Gasteiger partial charge in [-0.1, -0.05) is 71.9 Å². The van der Waals surface area contributed by atoms with Crippen molar-refractivity contribution in [2.24, 2.45) is 0 Å². The number of fused-ring (bicyclic) bond motifs is 1. The zero-order valence-electron chi connectivity index (χ0n) is 17.7. The van der Waals surface area contributed by atoms with Crippen LogP contribution in [-0.2, 0) is 24.3 Å². The molecule has 5 heteroatoms. The Labute approximate surface area is 183 Å². The number of ether oxygens (including phenoxy) is 1. The number of hydrogen-bond donors (Lipinski definition) is 1. The first-order chi connectivity index (χ1) is 15.4. The molecule has 0 unspecified atom stereocenters. The lowest BCUT2D eigenvalue weighted by Gasteiger charge is -2.32. The van der Waals surface area contributed by atoms with Crippen molar-refractivity contribution in [3.63, 3.8) is 0 Å². The molecule has 0 amide bonds. The summed E-state index contributed by atoms with van der Waals surface area (Å²) in [7, 11) is 0. The molecule has 0 spiro atoms. The van der Waals surface area contributed by atoms with Gasteiger partial charge in [0.1, 0.15) is 0 Å². The molecule has 5 nitrogen and oxygen atoms in total. The van der Waals surface area contributed by atoms with E-state index in [1.165, 1.54) is 27.6 Å². The van der Waals surface area contributed by atoms with Crippen LogP contribution in [0.3, 0.4) is 0 Å². The fourth-order valence-electron chi connectivity index (χ4n) is 4.48. The number of hydrogen-bond acceptors (Lipinski definition) is 4. The second kappa shape index (κ2) is 9.41. The van der Waals surface area contributed by atoms with E-state index >= 15 is 0 Å². The van der Waals surface area contributed by atoms with Gasteiger partial charge in [0.25, 0.3) is 0 Å². The normalized spacial score (nSPS) is 19.0. The first-order valence-corrected chi connectivity index (χ1v) is 11.1. The highest BCUT2D eigenvalue weighted by Gasteiger charge is 2.30. The van der Waals surface area contributed by atoms with E-state index in [1.54, 1.807) is 0 Å². The molecule has 2 heterocycles. The Balaban J connectivity index is 1.28. The van der Waals surface area contributed by atoms with Gasteiger partial charge in [0.05, 0.1) is 24.6 Å². The monoisotopic (exact) mass is 412 g/mol. The minimum absolute atomic E-state index is 0.106. The SMILES string of the molecule is c1ccc(CCn2nncc2[C@@H]2CCNC[C@H]2OCc2ccc3ccccc3c2)cc1. The highest BCUT2D eigenvalue weighted by Crippen LogP contribution is 2.28. The summed E-state index contributed by atoms with van der Waals surface area (Å²) in [5.41, 5.74) is 3.71. The van der Waals surface area contributed by atoms with Crippen molar-refractivity contribution in [2.45, 2.75) is 38.0 Å². The van der Waals surface area contributed by atoms with Gasteiger partial charge in [-0.05, 0) is 47.4 Å². The fraction of sp³-hybridized carbons (Fsp3) is 0.308. The molecule has 0 bridgehead atoms. The molecule has 1 aliphatic heterocycles. The Morgan fingerprint density at radius 2 is 1.77 bits per heavy atom. The molecule has 31 heavy (non-hydrogen) atoms. The standard InChI is InChI=1S/C26H28N4O/c1-2-6-20(7-3-1)13-15-30-25(17-28-29-30)24-12-14-27-18-26(24)31-19-21-10-11-22-8-4-5-9-23(22)16-21/h1-11,16-17,24,26-27H,12-15,18-19H2/t24-,26+/m0/s1. The highest BCUT2D eigenvalue weighted by atomic mass is 16.5. The summed E-state index contributed by atoms with van der Waals surface area (Å²) >= 11 is 0. The van der Waals surface area contributed by atoms with Crippen LogP contribution in [0.25, 0.3) is 10.8 Å². The Kier molecular flexibility index (Phi) is 6.05. The van der Waals surface area contributed by atoms with Gasteiger partial charge in [-0.2, -0.15) is 0 Å². The lowest BCUT2D eigenvalue weighted by atomic mass is 9.91. The molecular formula is C26H28N4O. The van der Waals surface area contributed by atoms with E-state index in [0.29, 0.717) is 12.5 Å². The number of benzene rings is 3. The van der Waals surface area contributed by atoms with Crippen LogP contribution in [0.15, 0.2) is 79.0 Å². The number of rotatable bonds is 7. The third-order valence-electron chi connectivity index (χ3n) is 6.19. The largest absolute Gasteiger partial charge is 0.372 e. The quantitative estimate of drug-likeness (QED) is 0.491. The first kappa shape index (κ1) is 19.9. The number of aryl methyl sites for hydroxylation is 2. The maximum Gasteiger partial charge on any atom is 0.0788 e. The molecule has 3 aromatic carbocycles. The predicted octanol–water partition coefficient (Wildman–Crippen LogP) is 4.34. The van der Waals surface area contributed by atoms with Gasteiger partial charge < -0.3 is 10.1 Å². The summed E-state index contributed by atoms with van der Waals surface area (Å²) < 4.78 is 8.51. The Hall–Kier alpha value is -3.02. The topological polar surface area (TPSA) is 52.0 Å². The molecule has 4 aromatic rings. The summed E-state index contributed by atoms with van der Waals surface area (Å²) in [6.45, 7) is 3.28. The van der Waals surface area contributed by atoms with Crippen molar-refractivity contribution < 1.29 is 4.74 Å². The van der Waals surface area contributed by atoms with Crippen molar-refractivity contribution in [1.82, 2.24) is 20.3 Å². The van der Waals surface area contributed by atoms with E-state index in [0.717, 1.165) is 32.5 Å². The van der Waals surface area contributed by atoms with Gasteiger partial charge in [0, 0.05) is 19.0 Å². The third-order valence-corrected chi connectivity index (χ3v) is 6.19. The number of nitrogens with zero attached hydrogens (tertiary/aromatic N) is 3. The molecule has 158 valence electrons. The summed E-state index contributed by atoms with van der Waals surface area (Å²) in [4.78, 5) is 0. The second-order valence-electron chi connectivity index (χ2n) is 8.25. The zero-order valence-corrected chi connectivity index (χ0v) is 17.7. The molecule has 2 atom stereocenters. The lowest BCUT2D eigenvalue weighted by molar-refractivity contribution is 0.00868. The van der Waals surface area contributed by atoms with Crippen LogP contribution in [0.4, 0.5) is 0 Å². The second-order valence-corrected chi connectivity index (χ2v) is 8.25. The molecule has 1 aromatic heterocycles. The van der Waals surface area contributed by atoms with Crippen molar-refractivity contribution in [1.29, 1.82) is 0 Å². The van der Waals surface area contributed by atoms with Crippen molar-refractivity contribution in [3.8, 4) is 0 Å². The van der Waals surface area contributed by atoms with Gasteiger partial charge in [-0.25, -0.2) is 4.68 Å².